The van der Waals surface area contributed by atoms with E-state index < -0.39 is 0 Å². The number of pyridine rings is 1. The van der Waals surface area contributed by atoms with Gasteiger partial charge in [-0.15, -0.1) is 0 Å². The molecule has 1 N–H and O–H groups in total. The summed E-state index contributed by atoms with van der Waals surface area (Å²) in [4.78, 5) is 17.0. The van der Waals surface area contributed by atoms with Crippen LogP contribution in [0.25, 0.3) is 5.52 Å². The lowest BCUT2D eigenvalue weighted by molar-refractivity contribution is -0.121. The van der Waals surface area contributed by atoms with E-state index in [9.17, 15) is 4.79 Å². The van der Waals surface area contributed by atoms with Gasteiger partial charge in [-0.2, -0.15) is 0 Å². The number of amides is 1. The number of nitrogens with zero attached hydrogens (tertiary/aromatic N) is 2. The van der Waals surface area contributed by atoms with Gasteiger partial charge in [0.15, 0.2) is 0 Å². The number of hydrogen-bond donors (Lipinski definition) is 1. The Hall–Kier alpha value is -2.62. The number of carbonyl (C=O) groups excluding carboxylic acids is 1. The van der Waals surface area contributed by atoms with Crippen molar-refractivity contribution in [2.24, 2.45) is 5.92 Å². The second-order valence-electron chi connectivity index (χ2n) is 7.76. The van der Waals surface area contributed by atoms with Gasteiger partial charge in [0.1, 0.15) is 5.82 Å². The highest BCUT2D eigenvalue weighted by Gasteiger charge is 2.33. The van der Waals surface area contributed by atoms with E-state index in [4.69, 9.17) is 0 Å². The van der Waals surface area contributed by atoms with E-state index in [0.29, 0.717) is 24.8 Å². The Morgan fingerprint density at radius 1 is 1.22 bits per heavy atom. The van der Waals surface area contributed by atoms with Crippen molar-refractivity contribution in [1.82, 2.24) is 14.7 Å². The molecule has 1 amide bonds. The summed E-state index contributed by atoms with van der Waals surface area (Å²) in [6, 6.07) is 12.7. The Morgan fingerprint density at radius 3 is 2.85 bits per heavy atom. The van der Waals surface area contributed by atoms with Crippen LogP contribution in [0.3, 0.4) is 0 Å². The lowest BCUT2D eigenvalue weighted by Crippen LogP contribution is -2.28. The molecule has 1 saturated carbocycles. The van der Waals surface area contributed by atoms with Gasteiger partial charge in [-0.05, 0) is 67.3 Å². The van der Waals surface area contributed by atoms with E-state index in [1.165, 1.54) is 29.5 Å². The third kappa shape index (κ3) is 4.05. The van der Waals surface area contributed by atoms with Crippen LogP contribution in [-0.2, 0) is 11.2 Å². The third-order valence-electron chi connectivity index (χ3n) is 5.74. The van der Waals surface area contributed by atoms with Crippen LogP contribution in [0.5, 0.6) is 0 Å². The van der Waals surface area contributed by atoms with Crippen LogP contribution in [-0.4, -0.2) is 21.8 Å². The van der Waals surface area contributed by atoms with Crippen LogP contribution in [0.4, 0.5) is 0 Å². The maximum Gasteiger partial charge on any atom is 0.220 e. The number of carbonyl (C=O) groups is 1. The summed E-state index contributed by atoms with van der Waals surface area (Å²) in [5.41, 5.74) is 5.02. The van der Waals surface area contributed by atoms with E-state index in [2.05, 4.69) is 46.7 Å². The summed E-state index contributed by atoms with van der Waals surface area (Å²) in [6.45, 7) is 4.91. The molecule has 0 saturated heterocycles. The molecule has 4 rings (SSSR count). The summed E-state index contributed by atoms with van der Waals surface area (Å²) >= 11 is 0. The van der Waals surface area contributed by atoms with Crippen molar-refractivity contribution < 1.29 is 4.79 Å². The molecule has 1 atom stereocenters. The minimum Gasteiger partial charge on any atom is -0.356 e. The number of nitrogens with one attached hydrogen (secondary N) is 1. The van der Waals surface area contributed by atoms with E-state index in [-0.39, 0.29) is 5.91 Å². The Bertz CT molecular complexity index is 955. The van der Waals surface area contributed by atoms with Crippen LogP contribution in [0.2, 0.25) is 0 Å². The average Bonchev–Trinajstić information content (AvgIpc) is 3.43. The number of fused-ring (bicyclic) bond motifs is 1. The monoisotopic (exact) mass is 361 g/mol. The summed E-state index contributed by atoms with van der Waals surface area (Å²) in [5, 5.41) is 3.10. The topological polar surface area (TPSA) is 46.4 Å². The quantitative estimate of drug-likeness (QED) is 0.686. The maximum absolute atomic E-state index is 12.6. The molecular formula is C23H27N3O. The molecule has 4 heteroatoms. The van der Waals surface area contributed by atoms with Crippen molar-refractivity contribution in [2.45, 2.75) is 45.4 Å². The molecule has 0 radical (unpaired) electrons. The minimum absolute atomic E-state index is 0.144. The fourth-order valence-corrected chi connectivity index (χ4v) is 3.82. The van der Waals surface area contributed by atoms with Crippen LogP contribution in [0.1, 0.15) is 47.7 Å². The zero-order valence-electron chi connectivity index (χ0n) is 16.1. The zero-order valence-corrected chi connectivity index (χ0v) is 16.1. The van der Waals surface area contributed by atoms with Crippen molar-refractivity contribution in [2.75, 3.05) is 6.54 Å². The molecule has 0 bridgehead atoms. The molecule has 3 aromatic rings. The van der Waals surface area contributed by atoms with Gasteiger partial charge in [-0.1, -0.05) is 24.3 Å². The van der Waals surface area contributed by atoms with Crippen LogP contribution in [0, 0.1) is 19.8 Å². The van der Waals surface area contributed by atoms with Gasteiger partial charge in [0.25, 0.3) is 0 Å². The predicted octanol–water partition coefficient (Wildman–Crippen LogP) is 4.19. The number of rotatable bonds is 7. The number of benzene rings is 1. The van der Waals surface area contributed by atoms with Crippen molar-refractivity contribution in [1.29, 1.82) is 0 Å². The second kappa shape index (κ2) is 7.55. The highest BCUT2D eigenvalue weighted by Crippen LogP contribution is 2.44. The molecule has 0 aliphatic heterocycles. The van der Waals surface area contributed by atoms with Crippen LogP contribution < -0.4 is 5.32 Å². The van der Waals surface area contributed by atoms with Gasteiger partial charge in [0.2, 0.25) is 5.91 Å². The first kappa shape index (κ1) is 17.8. The maximum atomic E-state index is 12.6. The first-order valence-electron chi connectivity index (χ1n) is 9.86. The Morgan fingerprint density at radius 2 is 2.07 bits per heavy atom. The molecule has 27 heavy (non-hydrogen) atoms. The van der Waals surface area contributed by atoms with Gasteiger partial charge in [0, 0.05) is 25.6 Å². The zero-order chi connectivity index (χ0) is 18.8. The molecule has 1 aliphatic rings. The molecule has 4 nitrogen and oxygen atoms in total. The number of imidazole rings is 1. The van der Waals surface area contributed by atoms with E-state index >= 15 is 0 Å². The van der Waals surface area contributed by atoms with Gasteiger partial charge < -0.3 is 9.72 Å². The summed E-state index contributed by atoms with van der Waals surface area (Å²) < 4.78 is 2.08. The Labute approximate surface area is 160 Å². The summed E-state index contributed by atoms with van der Waals surface area (Å²) in [7, 11) is 0. The van der Waals surface area contributed by atoms with E-state index in [1.807, 2.05) is 30.6 Å². The lowest BCUT2D eigenvalue weighted by Gasteiger charge is -2.18. The van der Waals surface area contributed by atoms with E-state index in [0.717, 1.165) is 17.8 Å². The van der Waals surface area contributed by atoms with Gasteiger partial charge in [0.05, 0.1) is 11.7 Å². The van der Waals surface area contributed by atoms with Crippen LogP contribution in [0.15, 0.2) is 48.8 Å². The van der Waals surface area contributed by atoms with Crippen molar-refractivity contribution in [3.63, 3.8) is 0 Å². The third-order valence-corrected chi connectivity index (χ3v) is 5.74. The first-order valence-corrected chi connectivity index (χ1v) is 9.86. The molecule has 1 unspecified atom stereocenters. The average molecular weight is 361 g/mol. The molecule has 2 aromatic heterocycles. The summed E-state index contributed by atoms with van der Waals surface area (Å²) in [6.07, 6.45) is 7.69. The van der Waals surface area contributed by atoms with Crippen LogP contribution >= 0.6 is 0 Å². The highest BCUT2D eigenvalue weighted by molar-refractivity contribution is 5.77. The molecule has 0 spiro atoms. The Kier molecular flexibility index (Phi) is 4.97. The second-order valence-corrected chi connectivity index (χ2v) is 7.76. The fraction of sp³-hybridized carbons (Fsp3) is 0.391. The normalized spacial score (nSPS) is 15.0. The summed E-state index contributed by atoms with van der Waals surface area (Å²) in [5.74, 6) is 2.13. The largest absolute Gasteiger partial charge is 0.356 e. The van der Waals surface area contributed by atoms with Gasteiger partial charge >= 0.3 is 0 Å². The van der Waals surface area contributed by atoms with Gasteiger partial charge in [-0.3, -0.25) is 4.79 Å². The molecule has 2 heterocycles. The van der Waals surface area contributed by atoms with E-state index in [1.54, 1.807) is 0 Å². The molecular weight excluding hydrogens is 334 g/mol. The molecule has 1 aliphatic carbocycles. The Balaban J connectivity index is 1.35. The number of hydrogen-bond acceptors (Lipinski definition) is 2. The van der Waals surface area contributed by atoms with Crippen molar-refractivity contribution >= 4 is 11.4 Å². The smallest absolute Gasteiger partial charge is 0.220 e. The molecule has 1 fully saturated rings. The SMILES string of the molecule is Cc1ccc(C(CC(=O)NCCc2ncc3ccccn23)C2CC2)cc1C. The van der Waals surface area contributed by atoms with Gasteiger partial charge in [-0.25, -0.2) is 4.98 Å². The minimum atomic E-state index is 0.144. The predicted molar refractivity (Wildman–Crippen MR) is 108 cm³/mol. The standard InChI is InChI=1S/C23H27N3O/c1-16-6-7-19(13-17(16)2)21(18-8-9-18)14-23(27)24-11-10-22-25-15-20-5-3-4-12-26(20)22/h3-7,12-13,15,18,21H,8-11,14H2,1-2H3,(H,24,27). The number of aromatic nitrogens is 2. The van der Waals surface area contributed by atoms with Crippen molar-refractivity contribution in [3.8, 4) is 0 Å². The van der Waals surface area contributed by atoms with Crippen molar-refractivity contribution in [3.05, 3.63) is 71.3 Å². The fourth-order valence-electron chi connectivity index (χ4n) is 3.82. The first-order chi connectivity index (χ1) is 13.1. The molecule has 1 aromatic carbocycles. The molecule has 140 valence electrons. The lowest BCUT2D eigenvalue weighted by atomic mass is 9.89. The number of aryl methyl sites for hydroxylation is 2. The highest BCUT2D eigenvalue weighted by atomic mass is 16.1.